The van der Waals surface area contributed by atoms with Gasteiger partial charge in [0, 0.05) is 24.4 Å². The molecule has 1 aromatic heterocycles. The summed E-state index contributed by atoms with van der Waals surface area (Å²) in [6.45, 7) is 0. The molecule has 19 heavy (non-hydrogen) atoms. The van der Waals surface area contributed by atoms with Gasteiger partial charge in [0.25, 0.3) is 0 Å². The van der Waals surface area contributed by atoms with Gasteiger partial charge in [-0.1, -0.05) is 30.3 Å². The van der Waals surface area contributed by atoms with Crippen molar-refractivity contribution in [2.45, 2.75) is 18.6 Å². The lowest BCUT2D eigenvalue weighted by Gasteiger charge is -2.12. The molecule has 100 valence electrons. The molecule has 0 fully saturated rings. The summed E-state index contributed by atoms with van der Waals surface area (Å²) in [6.07, 6.45) is -3.11. The normalized spacial score (nSPS) is 13.3. The van der Waals surface area contributed by atoms with E-state index in [-0.39, 0.29) is 6.04 Å². The molecular formula is C14H13F3N2. The van der Waals surface area contributed by atoms with Gasteiger partial charge in [-0.2, -0.15) is 13.2 Å². The lowest BCUT2D eigenvalue weighted by molar-refractivity contribution is -0.137. The van der Waals surface area contributed by atoms with Crippen molar-refractivity contribution in [1.29, 1.82) is 0 Å². The lowest BCUT2D eigenvalue weighted by Crippen LogP contribution is -2.14. The third-order valence-corrected chi connectivity index (χ3v) is 2.81. The van der Waals surface area contributed by atoms with Crippen LogP contribution in [0.2, 0.25) is 0 Å². The van der Waals surface area contributed by atoms with Gasteiger partial charge in [-0.25, -0.2) is 0 Å². The molecular weight excluding hydrogens is 253 g/mol. The zero-order valence-corrected chi connectivity index (χ0v) is 10.1. The summed E-state index contributed by atoms with van der Waals surface area (Å²) < 4.78 is 37.1. The highest BCUT2D eigenvalue weighted by Gasteiger charge is 2.30. The van der Waals surface area contributed by atoms with Gasteiger partial charge < -0.3 is 5.73 Å². The van der Waals surface area contributed by atoms with Gasteiger partial charge in [-0.15, -0.1) is 0 Å². The molecule has 5 heteroatoms. The second kappa shape index (κ2) is 5.40. The van der Waals surface area contributed by atoms with Crippen LogP contribution in [0.25, 0.3) is 0 Å². The quantitative estimate of drug-likeness (QED) is 0.925. The Morgan fingerprint density at radius 1 is 1.05 bits per heavy atom. The maximum Gasteiger partial charge on any atom is 0.417 e. The maximum atomic E-state index is 12.4. The zero-order valence-electron chi connectivity index (χ0n) is 10.1. The van der Waals surface area contributed by atoms with Gasteiger partial charge >= 0.3 is 6.18 Å². The number of benzene rings is 1. The van der Waals surface area contributed by atoms with Gasteiger partial charge in [0.05, 0.1) is 5.56 Å². The minimum absolute atomic E-state index is 0.273. The Morgan fingerprint density at radius 2 is 1.74 bits per heavy atom. The number of hydrogen-bond acceptors (Lipinski definition) is 2. The Hall–Kier alpha value is -1.88. The van der Waals surface area contributed by atoms with E-state index in [1.165, 1.54) is 6.07 Å². The van der Waals surface area contributed by atoms with Crippen LogP contribution in [0.5, 0.6) is 0 Å². The molecule has 0 aliphatic heterocycles. The van der Waals surface area contributed by atoms with Crippen molar-refractivity contribution < 1.29 is 13.2 Å². The van der Waals surface area contributed by atoms with Crippen LogP contribution in [0.3, 0.4) is 0 Å². The van der Waals surface area contributed by atoms with E-state index in [4.69, 9.17) is 5.73 Å². The van der Waals surface area contributed by atoms with Crippen LogP contribution in [0.4, 0.5) is 13.2 Å². The summed E-state index contributed by atoms with van der Waals surface area (Å²) in [6, 6.07) is 11.5. The van der Waals surface area contributed by atoms with E-state index in [9.17, 15) is 13.2 Å². The van der Waals surface area contributed by atoms with E-state index in [0.717, 1.165) is 17.8 Å². The van der Waals surface area contributed by atoms with Gasteiger partial charge in [0.2, 0.25) is 0 Å². The van der Waals surface area contributed by atoms with Crippen molar-refractivity contribution in [3.63, 3.8) is 0 Å². The summed E-state index contributed by atoms with van der Waals surface area (Å²) in [4.78, 5) is 3.81. The third-order valence-electron chi connectivity index (χ3n) is 2.81. The SMILES string of the molecule is NC(Cc1ccc(C(F)(F)F)cn1)c1ccccc1. The van der Waals surface area contributed by atoms with Crippen molar-refractivity contribution in [3.05, 3.63) is 65.5 Å². The Morgan fingerprint density at radius 3 is 2.26 bits per heavy atom. The molecule has 0 spiro atoms. The molecule has 0 aliphatic rings. The number of nitrogens with zero attached hydrogens (tertiary/aromatic N) is 1. The first-order valence-corrected chi connectivity index (χ1v) is 5.79. The monoisotopic (exact) mass is 266 g/mol. The Bertz CT molecular complexity index is 521. The van der Waals surface area contributed by atoms with Crippen LogP contribution in [-0.4, -0.2) is 4.98 Å². The first kappa shape index (κ1) is 13.5. The van der Waals surface area contributed by atoms with E-state index in [0.29, 0.717) is 12.1 Å². The van der Waals surface area contributed by atoms with Crippen LogP contribution in [-0.2, 0) is 12.6 Å². The van der Waals surface area contributed by atoms with Gasteiger partial charge in [-0.05, 0) is 17.7 Å². The number of hydrogen-bond donors (Lipinski definition) is 1. The van der Waals surface area contributed by atoms with E-state index < -0.39 is 11.7 Å². The fourth-order valence-electron chi connectivity index (χ4n) is 1.76. The largest absolute Gasteiger partial charge is 0.417 e. The second-order valence-corrected chi connectivity index (χ2v) is 4.26. The van der Waals surface area contributed by atoms with Crippen LogP contribution in [0.15, 0.2) is 48.7 Å². The smallest absolute Gasteiger partial charge is 0.324 e. The molecule has 0 saturated carbocycles. The Kier molecular flexibility index (Phi) is 3.85. The minimum Gasteiger partial charge on any atom is -0.324 e. The second-order valence-electron chi connectivity index (χ2n) is 4.26. The molecule has 1 heterocycles. The van der Waals surface area contributed by atoms with Gasteiger partial charge in [0.1, 0.15) is 0 Å². The van der Waals surface area contributed by atoms with E-state index in [2.05, 4.69) is 4.98 Å². The fourth-order valence-corrected chi connectivity index (χ4v) is 1.76. The number of pyridine rings is 1. The number of rotatable bonds is 3. The first-order chi connectivity index (χ1) is 8.97. The van der Waals surface area contributed by atoms with Crippen molar-refractivity contribution in [2.75, 3.05) is 0 Å². The highest BCUT2D eigenvalue weighted by molar-refractivity contribution is 5.22. The zero-order chi connectivity index (χ0) is 13.9. The van der Waals surface area contributed by atoms with Crippen LogP contribution in [0.1, 0.15) is 22.9 Å². The van der Waals surface area contributed by atoms with Gasteiger partial charge in [0.15, 0.2) is 0 Å². The topological polar surface area (TPSA) is 38.9 Å². The molecule has 2 nitrogen and oxygen atoms in total. The number of halogens is 3. The number of aromatic nitrogens is 1. The van der Waals surface area contributed by atoms with Crippen molar-refractivity contribution in [2.24, 2.45) is 5.73 Å². The molecule has 2 N–H and O–H groups in total. The first-order valence-electron chi connectivity index (χ1n) is 5.79. The summed E-state index contributed by atoms with van der Waals surface area (Å²) in [5.41, 5.74) is 6.72. The molecule has 0 bridgehead atoms. The average molecular weight is 266 g/mol. The maximum absolute atomic E-state index is 12.4. The molecule has 1 unspecified atom stereocenters. The highest BCUT2D eigenvalue weighted by Crippen LogP contribution is 2.28. The van der Waals surface area contributed by atoms with Crippen LogP contribution in [0, 0.1) is 0 Å². The standard InChI is InChI=1S/C14H13F3N2/c15-14(16,17)11-6-7-12(19-9-11)8-13(18)10-4-2-1-3-5-10/h1-7,9,13H,8,18H2. The molecule has 2 rings (SSSR count). The fraction of sp³-hybridized carbons (Fsp3) is 0.214. The summed E-state index contributed by atoms with van der Waals surface area (Å²) in [5.74, 6) is 0. The predicted octanol–water partition coefficient (Wildman–Crippen LogP) is 3.34. The third kappa shape index (κ3) is 3.54. The van der Waals surface area contributed by atoms with Crippen molar-refractivity contribution in [3.8, 4) is 0 Å². The average Bonchev–Trinajstić information content (AvgIpc) is 2.39. The molecule has 0 aliphatic carbocycles. The van der Waals surface area contributed by atoms with Crippen molar-refractivity contribution >= 4 is 0 Å². The number of alkyl halides is 3. The van der Waals surface area contributed by atoms with Crippen molar-refractivity contribution in [1.82, 2.24) is 4.98 Å². The molecule has 2 aromatic rings. The molecule has 1 atom stereocenters. The van der Waals surface area contributed by atoms with E-state index >= 15 is 0 Å². The van der Waals surface area contributed by atoms with E-state index in [1.807, 2.05) is 30.3 Å². The van der Waals surface area contributed by atoms with Crippen LogP contribution < -0.4 is 5.73 Å². The highest BCUT2D eigenvalue weighted by atomic mass is 19.4. The number of nitrogens with two attached hydrogens (primary N) is 1. The molecule has 0 saturated heterocycles. The lowest BCUT2D eigenvalue weighted by atomic mass is 10.0. The summed E-state index contributed by atoms with van der Waals surface area (Å²) >= 11 is 0. The molecule has 0 radical (unpaired) electrons. The van der Waals surface area contributed by atoms with Crippen LogP contribution >= 0.6 is 0 Å². The molecule has 1 aromatic carbocycles. The summed E-state index contributed by atoms with van der Waals surface area (Å²) in [5, 5.41) is 0. The summed E-state index contributed by atoms with van der Waals surface area (Å²) in [7, 11) is 0. The molecule has 0 amide bonds. The van der Waals surface area contributed by atoms with Gasteiger partial charge in [-0.3, -0.25) is 4.98 Å². The Balaban J connectivity index is 2.08. The van der Waals surface area contributed by atoms with E-state index in [1.54, 1.807) is 0 Å². The predicted molar refractivity (Wildman–Crippen MR) is 66.3 cm³/mol. The minimum atomic E-state index is -4.35. The Labute approximate surface area is 109 Å².